The fourth-order valence-corrected chi connectivity index (χ4v) is 2.67. The van der Waals surface area contributed by atoms with Crippen LogP contribution in [0.5, 0.6) is 5.75 Å². The lowest BCUT2D eigenvalue weighted by atomic mass is 10.1. The summed E-state index contributed by atoms with van der Waals surface area (Å²) < 4.78 is 7.85. The lowest BCUT2D eigenvalue weighted by Crippen LogP contribution is -2.35. The van der Waals surface area contributed by atoms with Crippen LogP contribution in [0.3, 0.4) is 0 Å². The highest BCUT2D eigenvalue weighted by Crippen LogP contribution is 2.19. The van der Waals surface area contributed by atoms with Crippen LogP contribution < -0.4 is 21.2 Å². The molecule has 0 aliphatic carbocycles. The third kappa shape index (κ3) is 4.17. The van der Waals surface area contributed by atoms with Gasteiger partial charge in [0.05, 0.1) is 19.1 Å². The number of pyridine rings is 1. The van der Waals surface area contributed by atoms with Gasteiger partial charge in [-0.15, -0.1) is 0 Å². The Labute approximate surface area is 161 Å². The van der Waals surface area contributed by atoms with Crippen molar-refractivity contribution in [1.82, 2.24) is 19.4 Å². The number of nitrogens with zero attached hydrogens (tertiary/aromatic N) is 3. The molecule has 2 aromatic heterocycles. The number of methoxy groups -OCH3 is 1. The van der Waals surface area contributed by atoms with Crippen LogP contribution in [0.15, 0.2) is 64.6 Å². The SMILES string of the molecule is COc1ccc(-c2cc(=O)n(CCNC(=O)c3cccn(C)c3=O)cn2)cc1. The molecule has 0 aliphatic heterocycles. The third-order valence-corrected chi connectivity index (χ3v) is 4.27. The van der Waals surface area contributed by atoms with Crippen LogP contribution in [0.2, 0.25) is 0 Å². The summed E-state index contributed by atoms with van der Waals surface area (Å²) in [6.45, 7) is 0.438. The van der Waals surface area contributed by atoms with Gasteiger partial charge >= 0.3 is 0 Å². The lowest BCUT2D eigenvalue weighted by molar-refractivity contribution is 0.0950. The number of benzene rings is 1. The van der Waals surface area contributed by atoms with Gasteiger partial charge in [-0.05, 0) is 36.4 Å². The summed E-state index contributed by atoms with van der Waals surface area (Å²) in [6, 6.07) is 11.8. The van der Waals surface area contributed by atoms with E-state index in [1.807, 2.05) is 12.1 Å². The zero-order valence-electron chi connectivity index (χ0n) is 15.6. The van der Waals surface area contributed by atoms with Gasteiger partial charge in [0.25, 0.3) is 17.0 Å². The van der Waals surface area contributed by atoms with Crippen molar-refractivity contribution in [1.29, 1.82) is 0 Å². The number of carbonyl (C=O) groups excluding carboxylic acids is 1. The number of carbonyl (C=O) groups is 1. The van der Waals surface area contributed by atoms with Crippen LogP contribution >= 0.6 is 0 Å². The van der Waals surface area contributed by atoms with Gasteiger partial charge in [-0.1, -0.05) is 0 Å². The number of nitrogens with one attached hydrogen (secondary N) is 1. The summed E-state index contributed by atoms with van der Waals surface area (Å²) in [5.41, 5.74) is 0.817. The Morgan fingerprint density at radius 3 is 2.61 bits per heavy atom. The van der Waals surface area contributed by atoms with Gasteiger partial charge in [-0.25, -0.2) is 4.98 Å². The molecule has 3 rings (SSSR count). The Morgan fingerprint density at radius 2 is 1.93 bits per heavy atom. The van der Waals surface area contributed by atoms with Gasteiger partial charge in [0.15, 0.2) is 0 Å². The number of aromatic nitrogens is 3. The Morgan fingerprint density at radius 1 is 1.18 bits per heavy atom. The maximum Gasteiger partial charge on any atom is 0.263 e. The van der Waals surface area contributed by atoms with E-state index in [1.165, 1.54) is 27.6 Å². The molecule has 0 bridgehead atoms. The Kier molecular flexibility index (Phi) is 5.69. The van der Waals surface area contributed by atoms with Crippen LogP contribution in [0, 0.1) is 0 Å². The first-order chi connectivity index (χ1) is 13.5. The average Bonchev–Trinajstić information content (AvgIpc) is 2.71. The first kappa shape index (κ1) is 19.1. The second-order valence-electron chi connectivity index (χ2n) is 6.13. The van der Waals surface area contributed by atoms with Crippen molar-refractivity contribution in [3.05, 3.63) is 81.3 Å². The zero-order chi connectivity index (χ0) is 20.1. The van der Waals surface area contributed by atoms with Gasteiger partial charge < -0.3 is 14.6 Å². The van der Waals surface area contributed by atoms with E-state index in [0.29, 0.717) is 5.69 Å². The predicted molar refractivity (Wildman–Crippen MR) is 105 cm³/mol. The van der Waals surface area contributed by atoms with Crippen molar-refractivity contribution in [3.63, 3.8) is 0 Å². The normalized spacial score (nSPS) is 10.5. The quantitative estimate of drug-likeness (QED) is 0.690. The fourth-order valence-electron chi connectivity index (χ4n) is 2.67. The molecule has 0 aliphatic rings. The molecule has 3 aromatic rings. The minimum atomic E-state index is -0.475. The summed E-state index contributed by atoms with van der Waals surface area (Å²) in [5.74, 6) is 0.248. The van der Waals surface area contributed by atoms with Crippen molar-refractivity contribution < 1.29 is 9.53 Å². The highest BCUT2D eigenvalue weighted by molar-refractivity contribution is 5.93. The third-order valence-electron chi connectivity index (χ3n) is 4.27. The molecular weight excluding hydrogens is 360 g/mol. The summed E-state index contributed by atoms with van der Waals surface area (Å²) in [4.78, 5) is 40.7. The lowest BCUT2D eigenvalue weighted by Gasteiger charge is -2.09. The number of amides is 1. The Bertz CT molecular complexity index is 1100. The molecule has 28 heavy (non-hydrogen) atoms. The number of aryl methyl sites for hydroxylation is 1. The van der Waals surface area contributed by atoms with Gasteiger partial charge in [0.1, 0.15) is 11.3 Å². The van der Waals surface area contributed by atoms with E-state index in [-0.39, 0.29) is 29.8 Å². The van der Waals surface area contributed by atoms with Crippen molar-refractivity contribution in [3.8, 4) is 17.0 Å². The van der Waals surface area contributed by atoms with Crippen LogP contribution in [0.25, 0.3) is 11.3 Å². The van der Waals surface area contributed by atoms with Crippen molar-refractivity contribution >= 4 is 5.91 Å². The number of hydrogen-bond donors (Lipinski definition) is 1. The molecule has 8 nitrogen and oxygen atoms in total. The minimum Gasteiger partial charge on any atom is -0.497 e. The molecule has 0 unspecified atom stereocenters. The van der Waals surface area contributed by atoms with Crippen LogP contribution in [-0.4, -0.2) is 33.7 Å². The second kappa shape index (κ2) is 8.34. The first-order valence-electron chi connectivity index (χ1n) is 8.64. The largest absolute Gasteiger partial charge is 0.497 e. The van der Waals surface area contributed by atoms with Gasteiger partial charge in [-0.2, -0.15) is 0 Å². The van der Waals surface area contributed by atoms with E-state index in [2.05, 4.69) is 10.3 Å². The molecule has 0 saturated carbocycles. The van der Waals surface area contributed by atoms with E-state index < -0.39 is 5.91 Å². The predicted octanol–water partition coefficient (Wildman–Crippen LogP) is 1.05. The van der Waals surface area contributed by atoms with E-state index in [4.69, 9.17) is 4.74 Å². The van der Waals surface area contributed by atoms with Gasteiger partial charge in [0.2, 0.25) is 0 Å². The topological polar surface area (TPSA) is 95.2 Å². The molecule has 144 valence electrons. The van der Waals surface area contributed by atoms with Crippen LogP contribution in [-0.2, 0) is 13.6 Å². The number of rotatable bonds is 6. The smallest absolute Gasteiger partial charge is 0.263 e. The molecular formula is C20H20N4O4. The summed E-state index contributed by atoms with van der Waals surface area (Å²) in [6.07, 6.45) is 3.02. The highest BCUT2D eigenvalue weighted by Gasteiger charge is 2.10. The van der Waals surface area contributed by atoms with Crippen LogP contribution in [0.1, 0.15) is 10.4 Å². The Balaban J connectivity index is 1.65. The standard InChI is InChI=1S/C20H20N4O4/c1-23-10-3-4-16(20(23)27)19(26)21-9-11-24-13-22-17(12-18(24)25)14-5-7-15(28-2)8-6-14/h3-8,10,12-13H,9,11H2,1-2H3,(H,21,26). The van der Waals surface area contributed by atoms with E-state index in [9.17, 15) is 14.4 Å². The van der Waals surface area contributed by atoms with E-state index >= 15 is 0 Å². The molecule has 0 atom stereocenters. The van der Waals surface area contributed by atoms with Crippen molar-refractivity contribution in [2.45, 2.75) is 6.54 Å². The molecule has 8 heteroatoms. The minimum absolute atomic E-state index is 0.0605. The zero-order valence-corrected chi connectivity index (χ0v) is 15.6. The Hall–Kier alpha value is -3.68. The number of hydrogen-bond acceptors (Lipinski definition) is 5. The van der Waals surface area contributed by atoms with Crippen molar-refractivity contribution in [2.75, 3.05) is 13.7 Å². The maximum atomic E-state index is 12.3. The molecule has 1 amide bonds. The highest BCUT2D eigenvalue weighted by atomic mass is 16.5. The fraction of sp³-hybridized carbons (Fsp3) is 0.200. The molecule has 2 heterocycles. The average molecular weight is 380 g/mol. The molecule has 0 fully saturated rings. The maximum absolute atomic E-state index is 12.3. The van der Waals surface area contributed by atoms with Gasteiger partial charge in [-0.3, -0.25) is 19.0 Å². The summed E-state index contributed by atoms with van der Waals surface area (Å²) in [7, 11) is 3.16. The molecule has 0 spiro atoms. The summed E-state index contributed by atoms with van der Waals surface area (Å²) >= 11 is 0. The molecule has 0 radical (unpaired) electrons. The number of ether oxygens (including phenoxy) is 1. The molecule has 1 N–H and O–H groups in total. The van der Waals surface area contributed by atoms with E-state index in [0.717, 1.165) is 11.3 Å². The van der Waals surface area contributed by atoms with Gasteiger partial charge in [0, 0.05) is 38.0 Å². The molecule has 1 aromatic carbocycles. The van der Waals surface area contributed by atoms with Crippen LogP contribution in [0.4, 0.5) is 0 Å². The monoisotopic (exact) mass is 380 g/mol. The van der Waals surface area contributed by atoms with E-state index in [1.54, 1.807) is 38.6 Å². The first-order valence-corrected chi connectivity index (χ1v) is 8.64. The van der Waals surface area contributed by atoms with Crippen molar-refractivity contribution in [2.24, 2.45) is 7.05 Å². The molecule has 0 saturated heterocycles. The summed E-state index contributed by atoms with van der Waals surface area (Å²) in [5, 5.41) is 2.65. The second-order valence-corrected chi connectivity index (χ2v) is 6.13.